The summed E-state index contributed by atoms with van der Waals surface area (Å²) in [5.74, 6) is -2.96. The second-order valence-corrected chi connectivity index (χ2v) is 4.59. The first-order chi connectivity index (χ1) is 9.97. The van der Waals surface area contributed by atoms with Crippen LogP contribution in [0.25, 0.3) is 17.0 Å². The van der Waals surface area contributed by atoms with Crippen LogP contribution >= 0.6 is 0 Å². The third-order valence-corrected chi connectivity index (χ3v) is 3.30. The van der Waals surface area contributed by atoms with E-state index in [1.54, 1.807) is 0 Å². The molecule has 0 saturated heterocycles. The number of aromatic nitrogens is 1. The van der Waals surface area contributed by atoms with Crippen LogP contribution in [0.3, 0.4) is 0 Å². The molecule has 0 aliphatic heterocycles. The zero-order chi connectivity index (χ0) is 15.1. The lowest BCUT2D eigenvalue weighted by Crippen LogP contribution is -2.25. The number of aliphatic carboxylic acids is 1. The van der Waals surface area contributed by atoms with Gasteiger partial charge in [0.25, 0.3) is 5.69 Å². The van der Waals surface area contributed by atoms with Crippen molar-refractivity contribution in [2.75, 3.05) is 0 Å². The summed E-state index contributed by atoms with van der Waals surface area (Å²) in [5.41, 5.74) is 0.829. The highest BCUT2D eigenvalue weighted by Crippen LogP contribution is 2.27. The number of rotatable bonds is 2. The van der Waals surface area contributed by atoms with Crippen LogP contribution in [0.5, 0.6) is 0 Å². The van der Waals surface area contributed by atoms with Crippen molar-refractivity contribution in [3.63, 3.8) is 0 Å². The van der Waals surface area contributed by atoms with E-state index >= 15 is 0 Å². The Hall–Kier alpha value is -3.09. The lowest BCUT2D eigenvalue weighted by molar-refractivity contribution is -0.384. The summed E-state index contributed by atoms with van der Waals surface area (Å²) in [6, 6.07) is 5.64. The predicted octanol–water partition coefficient (Wildman–Crippen LogP) is 2.05. The second kappa shape index (κ2) is 4.48. The van der Waals surface area contributed by atoms with Crippen molar-refractivity contribution in [2.24, 2.45) is 5.92 Å². The largest absolute Gasteiger partial charge is 0.480 e. The molecular formula is C14H8N2O5. The maximum atomic E-state index is 12.1. The molecule has 0 radical (unpaired) electrons. The molecule has 0 saturated carbocycles. The average molecular weight is 284 g/mol. The van der Waals surface area contributed by atoms with Gasteiger partial charge >= 0.3 is 5.97 Å². The van der Waals surface area contributed by atoms with Crippen LogP contribution in [0.15, 0.2) is 30.3 Å². The molecule has 1 heterocycles. The standard InChI is InChI=1S/C14H8N2O5/c17-13-9(14(18)19)3-4-11-10(13)5-7-1-2-8(16(20)21)6-12(7)15-11/h1-6,9H,(H,18,19). The van der Waals surface area contributed by atoms with Gasteiger partial charge in [-0.3, -0.25) is 19.7 Å². The fourth-order valence-electron chi connectivity index (χ4n) is 2.25. The molecule has 7 nitrogen and oxygen atoms in total. The number of fused-ring (bicyclic) bond motifs is 2. The maximum absolute atomic E-state index is 12.1. The zero-order valence-electron chi connectivity index (χ0n) is 10.5. The number of ketones is 1. The fraction of sp³-hybridized carbons (Fsp3) is 0.0714. The van der Waals surface area contributed by atoms with Gasteiger partial charge in [-0.15, -0.1) is 0 Å². The number of non-ortho nitro benzene ring substituents is 1. The van der Waals surface area contributed by atoms with Gasteiger partial charge < -0.3 is 5.11 Å². The Balaban J connectivity index is 2.19. The molecule has 104 valence electrons. The first-order valence-electron chi connectivity index (χ1n) is 6.02. The van der Waals surface area contributed by atoms with Gasteiger partial charge in [0.2, 0.25) is 0 Å². The summed E-state index contributed by atoms with van der Waals surface area (Å²) in [7, 11) is 0. The number of carbonyl (C=O) groups excluding carboxylic acids is 1. The van der Waals surface area contributed by atoms with E-state index in [1.807, 2.05) is 0 Å². The number of hydrogen-bond acceptors (Lipinski definition) is 5. The number of nitro groups is 1. The predicted molar refractivity (Wildman–Crippen MR) is 72.9 cm³/mol. The van der Waals surface area contributed by atoms with Crippen molar-refractivity contribution in [1.82, 2.24) is 4.98 Å². The third-order valence-electron chi connectivity index (χ3n) is 3.30. The van der Waals surface area contributed by atoms with Crippen LogP contribution in [0.1, 0.15) is 16.1 Å². The smallest absolute Gasteiger partial charge is 0.318 e. The van der Waals surface area contributed by atoms with Crippen molar-refractivity contribution in [3.8, 4) is 0 Å². The van der Waals surface area contributed by atoms with E-state index in [-0.39, 0.29) is 11.3 Å². The molecule has 1 aliphatic rings. The summed E-state index contributed by atoms with van der Waals surface area (Å²) in [4.78, 5) is 37.5. The number of nitro benzene ring substituents is 1. The van der Waals surface area contributed by atoms with Crippen LogP contribution in [0.2, 0.25) is 0 Å². The van der Waals surface area contributed by atoms with Gasteiger partial charge in [0.05, 0.1) is 16.1 Å². The molecule has 0 bridgehead atoms. The molecular weight excluding hydrogens is 276 g/mol. The van der Waals surface area contributed by atoms with Crippen molar-refractivity contribution in [3.05, 3.63) is 51.7 Å². The van der Waals surface area contributed by atoms with E-state index in [0.29, 0.717) is 16.6 Å². The number of Topliss-reactive ketones (excluding diaryl/α,β-unsaturated/α-hetero) is 1. The lowest BCUT2D eigenvalue weighted by atomic mass is 9.90. The Bertz CT molecular complexity index is 841. The van der Waals surface area contributed by atoms with Gasteiger partial charge in [-0.1, -0.05) is 6.08 Å². The Morgan fingerprint density at radius 3 is 2.76 bits per heavy atom. The molecule has 1 N–H and O–H groups in total. The van der Waals surface area contributed by atoms with Gasteiger partial charge in [-0.2, -0.15) is 0 Å². The summed E-state index contributed by atoms with van der Waals surface area (Å²) in [5, 5.41) is 20.3. The van der Waals surface area contributed by atoms with Gasteiger partial charge in [-0.25, -0.2) is 4.98 Å². The summed E-state index contributed by atoms with van der Waals surface area (Å²) in [6.45, 7) is 0. The van der Waals surface area contributed by atoms with Crippen LogP contribution in [0, 0.1) is 16.0 Å². The minimum atomic E-state index is -1.22. The normalized spacial score (nSPS) is 16.8. The van der Waals surface area contributed by atoms with Crippen LogP contribution in [-0.4, -0.2) is 26.8 Å². The number of pyridine rings is 1. The quantitative estimate of drug-likeness (QED) is 0.513. The van der Waals surface area contributed by atoms with Crippen LogP contribution < -0.4 is 0 Å². The van der Waals surface area contributed by atoms with E-state index < -0.39 is 22.6 Å². The maximum Gasteiger partial charge on any atom is 0.318 e. The molecule has 1 aromatic heterocycles. The van der Waals surface area contributed by atoms with E-state index in [0.717, 1.165) is 0 Å². The molecule has 1 aromatic carbocycles. The summed E-state index contributed by atoms with van der Waals surface area (Å²) >= 11 is 0. The molecule has 0 fully saturated rings. The highest BCUT2D eigenvalue weighted by molar-refractivity contribution is 6.14. The SMILES string of the molecule is O=C(O)C1C=Cc2nc3cc([N+](=O)[O-])ccc3cc2C1=O. The molecule has 1 aliphatic carbocycles. The Morgan fingerprint density at radius 2 is 2.10 bits per heavy atom. The van der Waals surface area contributed by atoms with Crippen molar-refractivity contribution in [2.45, 2.75) is 0 Å². The lowest BCUT2D eigenvalue weighted by Gasteiger charge is -2.14. The third kappa shape index (κ3) is 2.04. The van der Waals surface area contributed by atoms with Crippen LogP contribution in [-0.2, 0) is 4.79 Å². The Kier molecular flexibility index (Phi) is 2.76. The molecule has 7 heteroatoms. The molecule has 0 spiro atoms. The van der Waals surface area contributed by atoms with Gasteiger partial charge in [0.15, 0.2) is 5.78 Å². The first-order valence-corrected chi connectivity index (χ1v) is 6.02. The Morgan fingerprint density at radius 1 is 1.33 bits per heavy atom. The molecule has 0 amide bonds. The molecule has 3 rings (SSSR count). The molecule has 1 atom stereocenters. The molecule has 21 heavy (non-hydrogen) atoms. The Labute approximate surface area is 117 Å². The van der Waals surface area contributed by atoms with E-state index in [1.165, 1.54) is 36.4 Å². The number of carboxylic acid groups (broad SMARTS) is 1. The number of carboxylic acids is 1. The monoisotopic (exact) mass is 284 g/mol. The van der Waals surface area contributed by atoms with E-state index in [4.69, 9.17) is 5.11 Å². The topological polar surface area (TPSA) is 110 Å². The van der Waals surface area contributed by atoms with E-state index in [9.17, 15) is 19.7 Å². The highest BCUT2D eigenvalue weighted by Gasteiger charge is 2.30. The summed E-state index contributed by atoms with van der Waals surface area (Å²) < 4.78 is 0. The van der Waals surface area contributed by atoms with Crippen LogP contribution in [0.4, 0.5) is 5.69 Å². The van der Waals surface area contributed by atoms with E-state index in [2.05, 4.69) is 4.98 Å². The van der Waals surface area contributed by atoms with Crippen molar-refractivity contribution >= 4 is 34.4 Å². The van der Waals surface area contributed by atoms with Gasteiger partial charge in [0, 0.05) is 23.1 Å². The number of hydrogen-bond donors (Lipinski definition) is 1. The number of nitrogens with zero attached hydrogens (tertiary/aromatic N) is 2. The first kappa shape index (κ1) is 12.9. The average Bonchev–Trinajstić information content (AvgIpc) is 2.45. The zero-order valence-corrected chi connectivity index (χ0v) is 10.5. The van der Waals surface area contributed by atoms with Crippen molar-refractivity contribution in [1.29, 1.82) is 0 Å². The number of carbonyl (C=O) groups is 2. The molecule has 2 aromatic rings. The minimum absolute atomic E-state index is 0.0931. The fourth-order valence-corrected chi connectivity index (χ4v) is 2.25. The second-order valence-electron chi connectivity index (χ2n) is 4.59. The summed E-state index contributed by atoms with van der Waals surface area (Å²) in [6.07, 6.45) is 2.72. The van der Waals surface area contributed by atoms with Gasteiger partial charge in [0.1, 0.15) is 5.92 Å². The number of benzene rings is 1. The molecule has 1 unspecified atom stereocenters. The minimum Gasteiger partial charge on any atom is -0.480 e. The highest BCUT2D eigenvalue weighted by atomic mass is 16.6. The van der Waals surface area contributed by atoms with Gasteiger partial charge in [-0.05, 0) is 18.2 Å². The van der Waals surface area contributed by atoms with Crippen molar-refractivity contribution < 1.29 is 19.6 Å².